The molecule has 57 valence electrons. The van der Waals surface area contributed by atoms with E-state index in [9.17, 15) is 0 Å². The lowest BCUT2D eigenvalue weighted by atomic mass is 9.64. The van der Waals surface area contributed by atoms with Gasteiger partial charge < -0.3 is 4.81 Å². The first-order chi connectivity index (χ1) is 5.90. The average molecular weight is 154 g/mol. The van der Waals surface area contributed by atoms with E-state index in [0.29, 0.717) is 0 Å². The van der Waals surface area contributed by atoms with Crippen LogP contribution in [0, 0.1) is 0 Å². The van der Waals surface area contributed by atoms with Crippen LogP contribution in [0.3, 0.4) is 0 Å². The maximum Gasteiger partial charge on any atom is 0.149 e. The summed E-state index contributed by atoms with van der Waals surface area (Å²) in [7, 11) is 7.14. The first-order valence-electron chi connectivity index (χ1n) is 4.26. The van der Waals surface area contributed by atoms with E-state index in [2.05, 4.69) is 29.1 Å². The third-order valence-electron chi connectivity index (χ3n) is 2.37. The van der Waals surface area contributed by atoms with Gasteiger partial charge in [-0.1, -0.05) is 24.3 Å². The van der Waals surface area contributed by atoms with E-state index in [0.717, 1.165) is 19.5 Å². The number of nitrogens with zero attached hydrogens (tertiary/aromatic N) is 1. The summed E-state index contributed by atoms with van der Waals surface area (Å²) in [5.74, 6) is 0. The molecule has 0 saturated carbocycles. The Morgan fingerprint density at radius 2 is 2.00 bits per heavy atom. The molecule has 3 heteroatoms. The molecule has 0 spiro atoms. The molecular weight excluding hydrogens is 144 g/mol. The zero-order valence-electron chi connectivity index (χ0n) is 7.03. The Hall–Kier alpha value is -0.690. The molecule has 1 nitrogen and oxygen atoms in total. The Balaban J connectivity index is 2.23. The predicted octanol–water partition coefficient (Wildman–Crippen LogP) is 0.747. The summed E-state index contributed by atoms with van der Waals surface area (Å²) < 4.78 is 0. The van der Waals surface area contributed by atoms with Crippen LogP contribution < -0.4 is 0 Å². The van der Waals surface area contributed by atoms with Crippen LogP contribution in [-0.4, -0.2) is 26.4 Å². The van der Waals surface area contributed by atoms with Crippen LogP contribution in [0.5, 0.6) is 0 Å². The summed E-state index contributed by atoms with van der Waals surface area (Å²) in [6.45, 7) is 2.01. The molecule has 0 bridgehead atoms. The summed E-state index contributed by atoms with van der Waals surface area (Å²) in [6.07, 6.45) is 1.11. The topological polar surface area (TPSA) is 3.24 Å². The van der Waals surface area contributed by atoms with Crippen molar-refractivity contribution in [1.29, 1.82) is 0 Å². The van der Waals surface area contributed by atoms with Crippen molar-refractivity contribution < 1.29 is 0 Å². The van der Waals surface area contributed by atoms with Gasteiger partial charge >= 0.3 is 0 Å². The molecule has 0 amide bonds. The molecule has 0 saturated heterocycles. The summed E-state index contributed by atoms with van der Waals surface area (Å²) in [6, 6.07) is 8.55. The molecular formula is C9H10B2N. The van der Waals surface area contributed by atoms with Gasteiger partial charge in [0, 0.05) is 14.3 Å². The van der Waals surface area contributed by atoms with Gasteiger partial charge in [0.2, 0.25) is 0 Å². The molecule has 1 heterocycles. The molecule has 12 heavy (non-hydrogen) atoms. The van der Waals surface area contributed by atoms with E-state index in [1.165, 1.54) is 11.1 Å². The van der Waals surface area contributed by atoms with E-state index >= 15 is 0 Å². The van der Waals surface area contributed by atoms with Gasteiger partial charge in [-0.15, -0.1) is 0 Å². The highest BCUT2D eigenvalue weighted by Crippen LogP contribution is 2.16. The zero-order valence-corrected chi connectivity index (χ0v) is 7.03. The summed E-state index contributed by atoms with van der Waals surface area (Å²) in [4.78, 5) is 2.14. The minimum Gasteiger partial charge on any atom is -0.352 e. The monoisotopic (exact) mass is 154 g/mol. The Morgan fingerprint density at radius 3 is 2.75 bits per heavy atom. The SMILES string of the molecule is [B][B]N1CCc2ccccc2C1. The smallest absolute Gasteiger partial charge is 0.149 e. The van der Waals surface area contributed by atoms with Crippen LogP contribution >= 0.6 is 0 Å². The van der Waals surface area contributed by atoms with E-state index < -0.39 is 0 Å². The molecule has 0 unspecified atom stereocenters. The van der Waals surface area contributed by atoms with Gasteiger partial charge in [0.1, 0.15) is 7.31 Å². The molecule has 1 aliphatic heterocycles. The molecule has 0 aliphatic carbocycles. The fourth-order valence-corrected chi connectivity index (χ4v) is 1.64. The third-order valence-corrected chi connectivity index (χ3v) is 2.37. The first-order valence-corrected chi connectivity index (χ1v) is 4.26. The standard InChI is InChI=1S/C9H10B2N/c10-11-12-6-5-8-3-1-2-4-9(8)7-12/h1-4H,5-7H2. The van der Waals surface area contributed by atoms with Crippen LogP contribution in [0.2, 0.25) is 0 Å². The van der Waals surface area contributed by atoms with Crippen LogP contribution in [0.25, 0.3) is 0 Å². The van der Waals surface area contributed by atoms with Crippen molar-refractivity contribution >= 4 is 15.0 Å². The Kier molecular flexibility index (Phi) is 2.22. The van der Waals surface area contributed by atoms with Gasteiger partial charge in [-0.05, 0) is 24.1 Å². The van der Waals surface area contributed by atoms with Gasteiger partial charge in [-0.3, -0.25) is 0 Å². The van der Waals surface area contributed by atoms with Gasteiger partial charge in [0.15, 0.2) is 0 Å². The largest absolute Gasteiger partial charge is 0.352 e. The number of rotatable bonds is 1. The average Bonchev–Trinajstić information content (AvgIpc) is 2.17. The molecule has 0 aromatic heterocycles. The molecule has 1 aliphatic rings. The summed E-state index contributed by atoms with van der Waals surface area (Å²) >= 11 is 0. The van der Waals surface area contributed by atoms with Gasteiger partial charge in [0.05, 0.1) is 0 Å². The van der Waals surface area contributed by atoms with Crippen molar-refractivity contribution in [3.63, 3.8) is 0 Å². The quantitative estimate of drug-likeness (QED) is 0.539. The minimum absolute atomic E-state index is 0.965. The molecule has 0 atom stereocenters. The van der Waals surface area contributed by atoms with Crippen molar-refractivity contribution in [2.45, 2.75) is 13.0 Å². The molecule has 0 fully saturated rings. The van der Waals surface area contributed by atoms with Crippen LogP contribution in [0.4, 0.5) is 0 Å². The van der Waals surface area contributed by atoms with Crippen molar-refractivity contribution in [2.24, 2.45) is 0 Å². The highest BCUT2D eigenvalue weighted by Gasteiger charge is 2.12. The fraction of sp³-hybridized carbons (Fsp3) is 0.333. The molecule has 0 N–H and O–H groups in total. The van der Waals surface area contributed by atoms with Gasteiger partial charge in [0.25, 0.3) is 0 Å². The Labute approximate surface area is 75.4 Å². The van der Waals surface area contributed by atoms with E-state index in [-0.39, 0.29) is 0 Å². The molecule has 2 rings (SSSR count). The lowest BCUT2D eigenvalue weighted by molar-refractivity contribution is 0.424. The summed E-state index contributed by atoms with van der Waals surface area (Å²) in [5, 5.41) is 0. The number of fused-ring (bicyclic) bond motifs is 1. The van der Waals surface area contributed by atoms with Gasteiger partial charge in [-0.2, -0.15) is 0 Å². The molecule has 3 radical (unpaired) electrons. The second kappa shape index (κ2) is 3.36. The maximum absolute atomic E-state index is 5.46. The lowest BCUT2D eigenvalue weighted by Gasteiger charge is -2.27. The van der Waals surface area contributed by atoms with E-state index in [4.69, 9.17) is 7.74 Å². The lowest BCUT2D eigenvalue weighted by Crippen LogP contribution is -2.33. The fourth-order valence-electron chi connectivity index (χ4n) is 1.64. The Morgan fingerprint density at radius 1 is 1.25 bits per heavy atom. The highest BCUT2D eigenvalue weighted by molar-refractivity contribution is 6.87. The van der Waals surface area contributed by atoms with Crippen molar-refractivity contribution in [3.05, 3.63) is 35.4 Å². The third kappa shape index (κ3) is 1.42. The van der Waals surface area contributed by atoms with Crippen molar-refractivity contribution in [1.82, 2.24) is 4.81 Å². The minimum atomic E-state index is 0.965. The van der Waals surface area contributed by atoms with Crippen LogP contribution in [-0.2, 0) is 13.0 Å². The van der Waals surface area contributed by atoms with Gasteiger partial charge in [-0.25, -0.2) is 0 Å². The van der Waals surface area contributed by atoms with Crippen molar-refractivity contribution in [2.75, 3.05) is 6.54 Å². The highest BCUT2D eigenvalue weighted by atomic mass is 15.0. The van der Waals surface area contributed by atoms with Crippen LogP contribution in [0.15, 0.2) is 24.3 Å². The molecule has 1 aromatic carbocycles. The maximum atomic E-state index is 5.46. The van der Waals surface area contributed by atoms with Crippen LogP contribution in [0.1, 0.15) is 11.1 Å². The summed E-state index contributed by atoms with van der Waals surface area (Å²) in [5.41, 5.74) is 2.88. The van der Waals surface area contributed by atoms with E-state index in [1.807, 2.05) is 0 Å². The Bertz CT molecular complexity index is 275. The second-order valence-corrected chi connectivity index (χ2v) is 3.14. The number of benzene rings is 1. The molecule has 1 aromatic rings. The zero-order chi connectivity index (χ0) is 8.39. The van der Waals surface area contributed by atoms with E-state index in [1.54, 1.807) is 7.31 Å². The number of hydrogen-bond donors (Lipinski definition) is 0. The van der Waals surface area contributed by atoms with Crippen molar-refractivity contribution in [3.8, 4) is 0 Å². The second-order valence-electron chi connectivity index (χ2n) is 3.14. The number of hydrogen-bond acceptors (Lipinski definition) is 1. The first kappa shape index (κ1) is 7.93. The predicted molar refractivity (Wildman–Crippen MR) is 52.1 cm³/mol. The normalized spacial score (nSPS) is 17.0.